The summed E-state index contributed by atoms with van der Waals surface area (Å²) in [6.07, 6.45) is 0. The Morgan fingerprint density at radius 3 is 1.24 bits per heavy atom. The molecule has 0 spiro atoms. The Hall–Kier alpha value is -2.80. The van der Waals surface area contributed by atoms with E-state index in [1.54, 1.807) is 23.3 Å². The molecule has 0 atom stereocenters. The van der Waals surface area contributed by atoms with Crippen LogP contribution in [-0.2, 0) is 34.2 Å². The summed E-state index contributed by atoms with van der Waals surface area (Å²) in [5.41, 5.74) is 5.40. The summed E-state index contributed by atoms with van der Waals surface area (Å²) < 4.78 is 0. The predicted molar refractivity (Wildman–Crippen MR) is 184 cm³/mol. The van der Waals surface area contributed by atoms with Crippen molar-refractivity contribution in [1.29, 1.82) is 0 Å². The van der Waals surface area contributed by atoms with Gasteiger partial charge in [-0.2, -0.15) is 18.2 Å². The van der Waals surface area contributed by atoms with Gasteiger partial charge in [-0.1, -0.05) is 76.9 Å². The second-order valence-electron chi connectivity index (χ2n) is 13.3. The smallest absolute Gasteiger partial charge is 0.172 e. The number of hydrogen-bond acceptors (Lipinski definition) is 0. The van der Waals surface area contributed by atoms with Crippen molar-refractivity contribution in [3.05, 3.63) is 144 Å². The Morgan fingerprint density at radius 2 is 0.929 bits per heavy atom. The molecule has 0 aliphatic carbocycles. The van der Waals surface area contributed by atoms with E-state index in [2.05, 4.69) is 146 Å². The monoisotopic (exact) mass is 642 g/mol. The molecule has 6 rings (SSSR count). The fourth-order valence-corrected chi connectivity index (χ4v) is 8.65. The molecule has 0 amide bonds. The molecule has 2 heteroatoms. The zero-order valence-corrected chi connectivity index (χ0v) is 30.0. The van der Waals surface area contributed by atoms with E-state index >= 15 is 0 Å². The van der Waals surface area contributed by atoms with E-state index in [0.29, 0.717) is 0 Å². The maximum Gasteiger partial charge on any atom is -0.172 e. The topological polar surface area (TPSA) is 0 Å². The molecule has 0 bridgehead atoms. The Balaban J connectivity index is 0.000000170. The molecule has 0 radical (unpaired) electrons. The van der Waals surface area contributed by atoms with Gasteiger partial charge in [-0.05, 0) is 10.8 Å². The van der Waals surface area contributed by atoms with Gasteiger partial charge in [-0.25, -0.2) is 12.1 Å². The molecule has 0 heterocycles. The summed E-state index contributed by atoms with van der Waals surface area (Å²) >= 11 is 1.65. The minimum atomic E-state index is -0.488. The van der Waals surface area contributed by atoms with E-state index in [-0.39, 0.29) is 10.8 Å². The molecule has 0 aliphatic heterocycles. The zero-order valence-electron chi connectivity index (χ0n) is 26.5. The molecule has 0 aliphatic rings. The van der Waals surface area contributed by atoms with Gasteiger partial charge in [-0.3, -0.25) is 0 Å². The summed E-state index contributed by atoms with van der Waals surface area (Å²) in [6, 6.07) is 44.2. The van der Waals surface area contributed by atoms with Crippen molar-refractivity contribution in [2.24, 2.45) is 0 Å². The van der Waals surface area contributed by atoms with Gasteiger partial charge in [0.2, 0.25) is 0 Å². The first-order valence-corrected chi connectivity index (χ1v) is 20.0. The molecule has 0 saturated carbocycles. The Morgan fingerprint density at radius 1 is 0.548 bits per heavy atom. The van der Waals surface area contributed by atoms with Crippen LogP contribution in [0.2, 0.25) is 0 Å². The SMILES string of the molecule is CC(C)(C)c1ccc2[cH-]c3ccc(C(C)(C)C)cc3c2c1.Cc1ccc([Si](=[Zr+2])c2ccc(C)cc2)cc1.c1cc[cH-]c1. The van der Waals surface area contributed by atoms with Crippen molar-refractivity contribution in [3.8, 4) is 0 Å². The second-order valence-corrected chi connectivity index (χ2v) is 18.9. The molecular weight excluding hydrogens is 600 g/mol. The van der Waals surface area contributed by atoms with Crippen molar-refractivity contribution in [2.45, 2.75) is 66.2 Å². The Kier molecular flexibility index (Phi) is 10.4. The van der Waals surface area contributed by atoms with Crippen molar-refractivity contribution in [3.63, 3.8) is 0 Å². The van der Waals surface area contributed by atoms with E-state index in [1.807, 2.05) is 30.3 Å². The largest absolute Gasteiger partial charge is 0.214 e. The molecule has 0 unspecified atom stereocenters. The summed E-state index contributed by atoms with van der Waals surface area (Å²) in [6.45, 7) is 18.0. The van der Waals surface area contributed by atoms with Crippen molar-refractivity contribution >= 4 is 37.4 Å². The van der Waals surface area contributed by atoms with Crippen LogP contribution in [0.25, 0.3) is 21.5 Å². The summed E-state index contributed by atoms with van der Waals surface area (Å²) in [4.78, 5) is 0. The summed E-state index contributed by atoms with van der Waals surface area (Å²) in [7, 11) is 0. The zero-order chi connectivity index (χ0) is 30.5. The van der Waals surface area contributed by atoms with E-state index in [4.69, 9.17) is 0 Å². The van der Waals surface area contributed by atoms with E-state index in [9.17, 15) is 0 Å². The average Bonchev–Trinajstić information content (AvgIpc) is 3.64. The molecule has 0 nitrogen and oxygen atoms in total. The molecule has 6 aromatic carbocycles. The third kappa shape index (κ3) is 8.40. The van der Waals surface area contributed by atoms with Gasteiger partial charge >= 0.3 is 113 Å². The van der Waals surface area contributed by atoms with Crippen LogP contribution in [0.5, 0.6) is 0 Å². The van der Waals surface area contributed by atoms with Gasteiger partial charge in [0, 0.05) is 0 Å². The van der Waals surface area contributed by atoms with Crippen molar-refractivity contribution in [1.82, 2.24) is 0 Å². The molecule has 0 saturated heterocycles. The van der Waals surface area contributed by atoms with E-state index in [1.165, 1.54) is 54.2 Å². The minimum absolute atomic E-state index is 0.194. The van der Waals surface area contributed by atoms with E-state index < -0.39 is 5.43 Å². The predicted octanol–water partition coefficient (Wildman–Crippen LogP) is 9.67. The van der Waals surface area contributed by atoms with Gasteiger partial charge in [0.1, 0.15) is 0 Å². The number of fused-ring (bicyclic) bond motifs is 3. The van der Waals surface area contributed by atoms with Crippen LogP contribution in [0.1, 0.15) is 63.8 Å². The summed E-state index contributed by atoms with van der Waals surface area (Å²) in [5, 5.41) is 8.54. The Labute approximate surface area is 268 Å². The molecule has 0 fully saturated rings. The van der Waals surface area contributed by atoms with Crippen molar-refractivity contribution in [2.75, 3.05) is 0 Å². The number of hydrogen-bond donors (Lipinski definition) is 0. The maximum absolute atomic E-state index is 2.38. The van der Waals surface area contributed by atoms with Gasteiger partial charge < -0.3 is 0 Å². The first-order chi connectivity index (χ1) is 19.8. The van der Waals surface area contributed by atoms with Crippen LogP contribution >= 0.6 is 0 Å². The van der Waals surface area contributed by atoms with Crippen LogP contribution in [0.4, 0.5) is 0 Å². The maximum atomic E-state index is 2.38. The molecule has 0 aromatic heterocycles. The fourth-order valence-electron chi connectivity index (χ4n) is 4.86. The number of rotatable bonds is 2. The summed E-state index contributed by atoms with van der Waals surface area (Å²) in [5.74, 6) is 0. The first kappa shape index (κ1) is 32.1. The third-order valence-electron chi connectivity index (χ3n) is 7.68. The Bertz CT molecular complexity index is 1600. The molecule has 6 aromatic rings. The van der Waals surface area contributed by atoms with E-state index in [0.717, 1.165) is 0 Å². The van der Waals surface area contributed by atoms with Crippen LogP contribution in [0.3, 0.4) is 0 Å². The number of aryl methyl sites for hydroxylation is 2. The molecular formula is C40H44SiZr. The molecule has 212 valence electrons. The quantitative estimate of drug-likeness (QED) is 0.130. The van der Waals surface area contributed by atoms with Crippen molar-refractivity contribution < 1.29 is 23.3 Å². The van der Waals surface area contributed by atoms with Crippen LogP contribution in [0.15, 0.2) is 121 Å². The fraction of sp³-hybridized carbons (Fsp3) is 0.250. The van der Waals surface area contributed by atoms with Gasteiger partial charge in [0.05, 0.1) is 0 Å². The normalized spacial score (nSPS) is 11.5. The molecule has 0 N–H and O–H groups in total. The third-order valence-corrected chi connectivity index (χ3v) is 13.8. The van der Waals surface area contributed by atoms with Gasteiger partial charge in [0.25, 0.3) is 0 Å². The van der Waals surface area contributed by atoms with Gasteiger partial charge in [0.15, 0.2) is 0 Å². The number of benzene rings is 4. The standard InChI is InChI=1S/C21H25.C14H14Si.C5H5.Zr/c1-20(2,3)16-9-7-14-11-15-8-10-17(21(4,5)6)13-19(15)18(14)12-16;1-11-3-7-13(8-4-11)15-14-9-5-12(2)6-10-14;1-2-4-5-3-1;/h7-13H,1-6H3;3-10H,1-2H3;1-5H;/q-1;;-1;+2. The van der Waals surface area contributed by atoms with Gasteiger partial charge in [-0.15, -0.1) is 39.7 Å². The van der Waals surface area contributed by atoms with Crippen LogP contribution in [-0.4, -0.2) is 5.43 Å². The molecule has 42 heavy (non-hydrogen) atoms. The second kappa shape index (κ2) is 13.7. The minimum Gasteiger partial charge on any atom is -0.214 e. The van der Waals surface area contributed by atoms with Crippen LogP contribution < -0.4 is 10.4 Å². The van der Waals surface area contributed by atoms with Crippen LogP contribution in [0, 0.1) is 13.8 Å². The first-order valence-electron chi connectivity index (χ1n) is 14.9. The average molecular weight is 644 g/mol.